The summed E-state index contributed by atoms with van der Waals surface area (Å²) in [7, 11) is 0. The van der Waals surface area contributed by atoms with Gasteiger partial charge in [0.25, 0.3) is 0 Å². The summed E-state index contributed by atoms with van der Waals surface area (Å²) in [6.45, 7) is 7.70. The normalized spacial score (nSPS) is 18.6. The van der Waals surface area contributed by atoms with Crippen molar-refractivity contribution in [3.8, 4) is 0 Å². The molecule has 0 spiro atoms. The maximum absolute atomic E-state index is 4.40. The second kappa shape index (κ2) is 5.06. The molecule has 3 heterocycles. The first-order chi connectivity index (χ1) is 9.16. The quantitative estimate of drug-likeness (QED) is 0.905. The molecule has 2 aromatic heterocycles. The lowest BCUT2D eigenvalue weighted by atomic mass is 9.81. The number of anilines is 1. The summed E-state index contributed by atoms with van der Waals surface area (Å²) in [4.78, 5) is 11.1. The molecule has 0 saturated carbocycles. The van der Waals surface area contributed by atoms with Crippen LogP contribution in [0.25, 0.3) is 10.2 Å². The second-order valence-electron chi connectivity index (χ2n) is 5.71. The highest BCUT2D eigenvalue weighted by Crippen LogP contribution is 2.31. The molecule has 4 nitrogen and oxygen atoms in total. The van der Waals surface area contributed by atoms with Crippen LogP contribution in [-0.4, -0.2) is 29.6 Å². The van der Waals surface area contributed by atoms with E-state index in [0.717, 1.165) is 35.7 Å². The van der Waals surface area contributed by atoms with Crippen molar-refractivity contribution < 1.29 is 0 Å². The van der Waals surface area contributed by atoms with E-state index in [-0.39, 0.29) is 0 Å². The van der Waals surface area contributed by atoms with Crippen molar-refractivity contribution in [2.75, 3.05) is 25.0 Å². The molecule has 5 heteroatoms. The maximum Gasteiger partial charge on any atom is 0.138 e. The Bertz CT molecular complexity index is 572. The number of hydrogen-bond donors (Lipinski definition) is 2. The summed E-state index contributed by atoms with van der Waals surface area (Å²) >= 11 is 1.73. The van der Waals surface area contributed by atoms with Crippen LogP contribution in [0.4, 0.5) is 5.82 Å². The standard InChI is InChI=1S/C14H20N4S/c1-10-7-11-12(17-9-18-13(11)19-10)16-8-14(2)3-5-15-6-4-14/h7,9,15H,3-6,8H2,1-2H3,(H,16,17,18). The third-order valence-electron chi connectivity index (χ3n) is 3.95. The molecule has 2 aromatic rings. The molecule has 0 aliphatic carbocycles. The molecular formula is C14H20N4S. The van der Waals surface area contributed by atoms with Gasteiger partial charge in [-0.1, -0.05) is 6.92 Å². The van der Waals surface area contributed by atoms with Gasteiger partial charge in [0.05, 0.1) is 5.39 Å². The van der Waals surface area contributed by atoms with Gasteiger partial charge in [-0.15, -0.1) is 11.3 Å². The monoisotopic (exact) mass is 276 g/mol. The maximum atomic E-state index is 4.40. The average molecular weight is 276 g/mol. The predicted octanol–water partition coefficient (Wildman–Crippen LogP) is 2.80. The lowest BCUT2D eigenvalue weighted by molar-refractivity contribution is 0.247. The predicted molar refractivity (Wildman–Crippen MR) is 80.9 cm³/mol. The Balaban J connectivity index is 1.78. The van der Waals surface area contributed by atoms with Crippen molar-refractivity contribution in [2.24, 2.45) is 5.41 Å². The van der Waals surface area contributed by atoms with Crippen molar-refractivity contribution in [2.45, 2.75) is 26.7 Å². The van der Waals surface area contributed by atoms with Gasteiger partial charge in [-0.3, -0.25) is 0 Å². The van der Waals surface area contributed by atoms with E-state index in [0.29, 0.717) is 5.41 Å². The van der Waals surface area contributed by atoms with Crippen LogP contribution >= 0.6 is 11.3 Å². The highest BCUT2D eigenvalue weighted by molar-refractivity contribution is 7.18. The van der Waals surface area contributed by atoms with E-state index in [1.54, 1.807) is 17.7 Å². The average Bonchev–Trinajstić information content (AvgIpc) is 2.78. The first kappa shape index (κ1) is 12.8. The van der Waals surface area contributed by atoms with Crippen LogP contribution in [0.1, 0.15) is 24.6 Å². The van der Waals surface area contributed by atoms with E-state index >= 15 is 0 Å². The Hall–Kier alpha value is -1.20. The van der Waals surface area contributed by atoms with Crippen LogP contribution < -0.4 is 10.6 Å². The van der Waals surface area contributed by atoms with Crippen LogP contribution in [0.2, 0.25) is 0 Å². The van der Waals surface area contributed by atoms with E-state index in [1.807, 2.05) is 0 Å². The van der Waals surface area contributed by atoms with Crippen molar-refractivity contribution in [1.82, 2.24) is 15.3 Å². The van der Waals surface area contributed by atoms with Crippen molar-refractivity contribution in [3.63, 3.8) is 0 Å². The molecule has 0 aromatic carbocycles. The Morgan fingerprint density at radius 2 is 2.16 bits per heavy atom. The molecule has 0 atom stereocenters. The van der Waals surface area contributed by atoms with Crippen molar-refractivity contribution in [3.05, 3.63) is 17.3 Å². The molecule has 102 valence electrons. The van der Waals surface area contributed by atoms with Crippen molar-refractivity contribution in [1.29, 1.82) is 0 Å². The largest absolute Gasteiger partial charge is 0.369 e. The zero-order valence-corrected chi connectivity index (χ0v) is 12.3. The summed E-state index contributed by atoms with van der Waals surface area (Å²) in [5, 5.41) is 8.11. The van der Waals surface area contributed by atoms with E-state index in [1.165, 1.54) is 17.7 Å². The summed E-state index contributed by atoms with van der Waals surface area (Å²) in [6, 6.07) is 2.17. The van der Waals surface area contributed by atoms with Crippen LogP contribution in [0.5, 0.6) is 0 Å². The Kier molecular flexibility index (Phi) is 3.41. The van der Waals surface area contributed by atoms with Crippen LogP contribution in [0, 0.1) is 12.3 Å². The van der Waals surface area contributed by atoms with Gasteiger partial charge in [-0.2, -0.15) is 0 Å². The minimum absolute atomic E-state index is 0.369. The number of piperidine rings is 1. The van der Waals surface area contributed by atoms with E-state index in [4.69, 9.17) is 0 Å². The second-order valence-corrected chi connectivity index (χ2v) is 6.95. The molecule has 3 rings (SSSR count). The van der Waals surface area contributed by atoms with Gasteiger partial charge in [0.2, 0.25) is 0 Å². The molecule has 19 heavy (non-hydrogen) atoms. The molecular weight excluding hydrogens is 256 g/mol. The molecule has 2 N–H and O–H groups in total. The number of nitrogens with zero attached hydrogens (tertiary/aromatic N) is 2. The number of thiophene rings is 1. The Labute approximate surface area is 117 Å². The number of aromatic nitrogens is 2. The molecule has 0 bridgehead atoms. The third-order valence-corrected chi connectivity index (χ3v) is 4.90. The Morgan fingerprint density at radius 1 is 1.37 bits per heavy atom. The number of nitrogens with one attached hydrogen (secondary N) is 2. The topological polar surface area (TPSA) is 49.8 Å². The summed E-state index contributed by atoms with van der Waals surface area (Å²) in [5.74, 6) is 0.981. The summed E-state index contributed by atoms with van der Waals surface area (Å²) in [5.41, 5.74) is 0.369. The molecule has 0 unspecified atom stereocenters. The van der Waals surface area contributed by atoms with E-state index in [2.05, 4.69) is 40.5 Å². The summed E-state index contributed by atoms with van der Waals surface area (Å²) in [6.07, 6.45) is 4.10. The molecule has 1 aliphatic heterocycles. The first-order valence-electron chi connectivity index (χ1n) is 6.82. The number of hydrogen-bond acceptors (Lipinski definition) is 5. The zero-order chi connectivity index (χ0) is 13.3. The van der Waals surface area contributed by atoms with Gasteiger partial charge < -0.3 is 10.6 Å². The lowest BCUT2D eigenvalue weighted by Gasteiger charge is -2.34. The van der Waals surface area contributed by atoms with Crippen molar-refractivity contribution >= 4 is 27.4 Å². The number of fused-ring (bicyclic) bond motifs is 1. The van der Waals surface area contributed by atoms with Gasteiger partial charge in [-0.25, -0.2) is 9.97 Å². The van der Waals surface area contributed by atoms with Gasteiger partial charge in [0, 0.05) is 11.4 Å². The van der Waals surface area contributed by atoms with E-state index in [9.17, 15) is 0 Å². The van der Waals surface area contributed by atoms with Crippen LogP contribution in [0.15, 0.2) is 12.4 Å². The lowest BCUT2D eigenvalue weighted by Crippen LogP contribution is -2.39. The van der Waals surface area contributed by atoms with Gasteiger partial charge in [0.15, 0.2) is 0 Å². The van der Waals surface area contributed by atoms with Gasteiger partial charge in [0.1, 0.15) is 17.0 Å². The SMILES string of the molecule is Cc1cc2c(NCC3(C)CCNCC3)ncnc2s1. The molecule has 1 fully saturated rings. The molecule has 0 amide bonds. The zero-order valence-electron chi connectivity index (χ0n) is 11.5. The molecule has 1 saturated heterocycles. The van der Waals surface area contributed by atoms with Crippen LogP contribution in [0.3, 0.4) is 0 Å². The minimum Gasteiger partial charge on any atom is -0.369 e. The van der Waals surface area contributed by atoms with Gasteiger partial charge >= 0.3 is 0 Å². The fourth-order valence-electron chi connectivity index (χ4n) is 2.62. The van der Waals surface area contributed by atoms with E-state index < -0.39 is 0 Å². The Morgan fingerprint density at radius 3 is 2.95 bits per heavy atom. The third kappa shape index (κ3) is 2.72. The molecule has 1 aliphatic rings. The highest BCUT2D eigenvalue weighted by atomic mass is 32.1. The fourth-order valence-corrected chi connectivity index (χ4v) is 3.47. The number of aryl methyl sites for hydroxylation is 1. The first-order valence-corrected chi connectivity index (χ1v) is 7.64. The molecule has 0 radical (unpaired) electrons. The van der Waals surface area contributed by atoms with Gasteiger partial charge in [-0.05, 0) is 44.3 Å². The minimum atomic E-state index is 0.369. The van der Waals surface area contributed by atoms with Crippen LogP contribution in [-0.2, 0) is 0 Å². The fraction of sp³-hybridized carbons (Fsp3) is 0.571. The smallest absolute Gasteiger partial charge is 0.138 e. The number of rotatable bonds is 3. The highest BCUT2D eigenvalue weighted by Gasteiger charge is 2.26. The summed E-state index contributed by atoms with van der Waals surface area (Å²) < 4.78 is 0.